The van der Waals surface area contributed by atoms with E-state index >= 15 is 0 Å². The molecule has 4 nitrogen and oxygen atoms in total. The molecule has 0 N–H and O–H groups in total. The number of thiazole rings is 1. The third-order valence-corrected chi connectivity index (χ3v) is 4.54. The van der Waals surface area contributed by atoms with E-state index in [9.17, 15) is 4.79 Å². The second kappa shape index (κ2) is 6.98. The Hall–Kier alpha value is -1.79. The maximum Gasteiger partial charge on any atom is 0.249 e. The smallest absolute Gasteiger partial charge is 0.249 e. The molecule has 0 amide bonds. The molecule has 0 unspecified atom stereocenters. The van der Waals surface area contributed by atoms with Crippen molar-refractivity contribution in [3.05, 3.63) is 58.4 Å². The number of rotatable bonds is 4. The van der Waals surface area contributed by atoms with Crippen molar-refractivity contribution in [2.45, 2.75) is 20.4 Å². The van der Waals surface area contributed by atoms with Crippen molar-refractivity contribution in [2.24, 2.45) is 0 Å². The first-order valence-corrected chi connectivity index (χ1v) is 7.52. The SMILES string of the molecule is Cc1sc[n+](CC(=O)c2nocc2-c2ccccc2)c1C.[Br-]. The summed E-state index contributed by atoms with van der Waals surface area (Å²) in [5, 5.41) is 3.89. The van der Waals surface area contributed by atoms with Crippen LogP contribution in [0.25, 0.3) is 11.1 Å². The molecule has 6 heteroatoms. The summed E-state index contributed by atoms with van der Waals surface area (Å²) >= 11 is 1.64. The first-order valence-electron chi connectivity index (χ1n) is 6.64. The fourth-order valence-corrected chi connectivity index (χ4v) is 2.96. The Labute approximate surface area is 143 Å². The summed E-state index contributed by atoms with van der Waals surface area (Å²) < 4.78 is 6.97. The molecule has 2 heterocycles. The minimum Gasteiger partial charge on any atom is -1.00 e. The van der Waals surface area contributed by atoms with Gasteiger partial charge in [0.1, 0.15) is 6.26 Å². The molecule has 0 bridgehead atoms. The molecule has 3 rings (SSSR count). The molecule has 22 heavy (non-hydrogen) atoms. The third kappa shape index (κ3) is 3.18. The van der Waals surface area contributed by atoms with Crippen LogP contribution < -0.4 is 21.5 Å². The van der Waals surface area contributed by atoms with E-state index in [1.165, 1.54) is 11.1 Å². The number of hydrogen-bond donors (Lipinski definition) is 0. The molecule has 0 atom stereocenters. The third-order valence-electron chi connectivity index (χ3n) is 3.53. The highest BCUT2D eigenvalue weighted by Crippen LogP contribution is 2.23. The van der Waals surface area contributed by atoms with Gasteiger partial charge in [0.25, 0.3) is 0 Å². The van der Waals surface area contributed by atoms with Gasteiger partial charge in [0.05, 0.1) is 10.4 Å². The van der Waals surface area contributed by atoms with Gasteiger partial charge in [0, 0.05) is 6.92 Å². The second-order valence-electron chi connectivity index (χ2n) is 4.86. The second-order valence-corrected chi connectivity index (χ2v) is 5.92. The van der Waals surface area contributed by atoms with Crippen molar-refractivity contribution in [3.8, 4) is 11.1 Å². The summed E-state index contributed by atoms with van der Waals surface area (Å²) in [4.78, 5) is 13.7. The lowest BCUT2D eigenvalue weighted by atomic mass is 10.0. The van der Waals surface area contributed by atoms with E-state index in [1.807, 2.05) is 54.3 Å². The van der Waals surface area contributed by atoms with Gasteiger partial charge in [-0.3, -0.25) is 4.79 Å². The summed E-state index contributed by atoms with van der Waals surface area (Å²) in [5.74, 6) is -0.0477. The van der Waals surface area contributed by atoms with E-state index in [4.69, 9.17) is 4.52 Å². The summed E-state index contributed by atoms with van der Waals surface area (Å²) in [7, 11) is 0. The summed E-state index contributed by atoms with van der Waals surface area (Å²) in [5.41, 5.74) is 5.14. The minimum atomic E-state index is -0.0477. The Morgan fingerprint density at radius 2 is 2.00 bits per heavy atom. The van der Waals surface area contributed by atoms with Crippen LogP contribution in [0.15, 0.2) is 46.6 Å². The van der Waals surface area contributed by atoms with Crippen LogP contribution in [0, 0.1) is 13.8 Å². The Morgan fingerprint density at radius 1 is 1.27 bits per heavy atom. The first kappa shape index (κ1) is 16.6. The van der Waals surface area contributed by atoms with Crippen LogP contribution in [0.4, 0.5) is 0 Å². The van der Waals surface area contributed by atoms with Crippen molar-refractivity contribution in [2.75, 3.05) is 0 Å². The van der Waals surface area contributed by atoms with Crippen molar-refractivity contribution in [3.63, 3.8) is 0 Å². The van der Waals surface area contributed by atoms with Gasteiger partial charge >= 0.3 is 0 Å². The monoisotopic (exact) mass is 378 g/mol. The van der Waals surface area contributed by atoms with Gasteiger partial charge < -0.3 is 21.5 Å². The van der Waals surface area contributed by atoms with Crippen molar-refractivity contribution < 1.29 is 30.9 Å². The molecular weight excluding hydrogens is 364 g/mol. The standard InChI is InChI=1S/C16H15N2O2S.BrH/c1-11-12(2)21-10-18(11)8-15(19)16-14(9-20-17-16)13-6-4-3-5-7-13;/h3-7,9-10H,8H2,1-2H3;1H/q+1;/p-1. The van der Waals surface area contributed by atoms with E-state index in [0.29, 0.717) is 5.69 Å². The number of hydrogen-bond acceptors (Lipinski definition) is 4. The van der Waals surface area contributed by atoms with E-state index < -0.39 is 0 Å². The molecule has 114 valence electrons. The highest BCUT2D eigenvalue weighted by molar-refractivity contribution is 7.09. The quantitative estimate of drug-likeness (QED) is 0.481. The van der Waals surface area contributed by atoms with Gasteiger partial charge in [0.15, 0.2) is 11.4 Å². The number of benzene rings is 1. The fraction of sp³-hybridized carbons (Fsp3) is 0.188. The van der Waals surface area contributed by atoms with Gasteiger partial charge in [-0.15, -0.1) is 0 Å². The number of carbonyl (C=O) groups excluding carboxylic acids is 1. The number of Topliss-reactive ketones (excluding diaryl/α,β-unsaturated/α-hetero) is 1. The van der Waals surface area contributed by atoms with Crippen LogP contribution in [0.5, 0.6) is 0 Å². The molecule has 0 saturated carbocycles. The summed E-state index contributed by atoms with van der Waals surface area (Å²) in [6.45, 7) is 4.34. The lowest BCUT2D eigenvalue weighted by molar-refractivity contribution is -0.684. The van der Waals surface area contributed by atoms with Gasteiger partial charge in [-0.1, -0.05) is 46.8 Å². The Morgan fingerprint density at radius 3 is 2.64 bits per heavy atom. The van der Waals surface area contributed by atoms with E-state index in [0.717, 1.165) is 16.8 Å². The maximum absolute atomic E-state index is 12.5. The number of nitrogens with zero attached hydrogens (tertiary/aromatic N) is 2. The Bertz CT molecular complexity index is 781. The van der Waals surface area contributed by atoms with E-state index in [2.05, 4.69) is 5.16 Å². The van der Waals surface area contributed by atoms with Crippen LogP contribution >= 0.6 is 11.3 Å². The Kier molecular flexibility index (Phi) is 5.26. The molecule has 3 aromatic rings. The molecule has 2 aromatic heterocycles. The normalized spacial score (nSPS) is 10.3. The fourth-order valence-electron chi connectivity index (χ4n) is 2.16. The predicted octanol–water partition coefficient (Wildman–Crippen LogP) is 0.194. The van der Waals surface area contributed by atoms with Crippen LogP contribution in [-0.4, -0.2) is 10.9 Å². The number of ketones is 1. The Balaban J connectivity index is 0.00000176. The number of aryl methyl sites for hydroxylation is 1. The largest absolute Gasteiger partial charge is 1.00 e. The summed E-state index contributed by atoms with van der Waals surface area (Å²) in [6, 6.07) is 9.67. The molecule has 0 aliphatic carbocycles. The zero-order valence-electron chi connectivity index (χ0n) is 12.2. The average molecular weight is 379 g/mol. The van der Waals surface area contributed by atoms with Gasteiger partial charge in [-0.2, -0.15) is 4.57 Å². The van der Waals surface area contributed by atoms with Crippen LogP contribution in [0.3, 0.4) is 0 Å². The summed E-state index contributed by atoms with van der Waals surface area (Å²) in [6.07, 6.45) is 1.53. The molecule has 0 spiro atoms. The van der Waals surface area contributed by atoms with E-state index in [1.54, 1.807) is 11.3 Å². The molecular formula is C16H15BrN2O2S. The molecule has 0 aliphatic rings. The minimum absolute atomic E-state index is 0. The molecule has 0 aliphatic heterocycles. The maximum atomic E-state index is 12.5. The van der Waals surface area contributed by atoms with Crippen molar-refractivity contribution >= 4 is 17.1 Å². The first-order chi connectivity index (χ1) is 10.2. The average Bonchev–Trinajstić information content (AvgIpc) is 3.10. The lowest BCUT2D eigenvalue weighted by Gasteiger charge is -1.99. The van der Waals surface area contributed by atoms with Crippen LogP contribution in [0.2, 0.25) is 0 Å². The molecule has 1 aromatic carbocycles. The van der Waals surface area contributed by atoms with E-state index in [-0.39, 0.29) is 29.3 Å². The topological polar surface area (TPSA) is 47.0 Å². The molecule has 0 fully saturated rings. The number of halogens is 1. The van der Waals surface area contributed by atoms with Crippen LogP contribution in [-0.2, 0) is 6.54 Å². The predicted molar refractivity (Wildman–Crippen MR) is 80.3 cm³/mol. The zero-order chi connectivity index (χ0) is 14.8. The zero-order valence-corrected chi connectivity index (χ0v) is 14.6. The number of carbonyl (C=O) groups is 1. The van der Waals surface area contributed by atoms with Crippen LogP contribution in [0.1, 0.15) is 21.1 Å². The lowest BCUT2D eigenvalue weighted by Crippen LogP contribution is -3.00. The molecule has 0 saturated heterocycles. The van der Waals surface area contributed by atoms with Gasteiger partial charge in [0.2, 0.25) is 17.8 Å². The van der Waals surface area contributed by atoms with Crippen molar-refractivity contribution in [1.82, 2.24) is 5.16 Å². The molecule has 0 radical (unpaired) electrons. The highest BCUT2D eigenvalue weighted by atomic mass is 79.9. The van der Waals surface area contributed by atoms with Gasteiger partial charge in [-0.05, 0) is 12.5 Å². The number of aromatic nitrogens is 2. The van der Waals surface area contributed by atoms with Crippen molar-refractivity contribution in [1.29, 1.82) is 0 Å². The van der Waals surface area contributed by atoms with Gasteiger partial charge in [-0.25, -0.2) is 0 Å². The highest BCUT2D eigenvalue weighted by Gasteiger charge is 2.23.